The van der Waals surface area contributed by atoms with Crippen LogP contribution in [0.4, 0.5) is 0 Å². The predicted octanol–water partition coefficient (Wildman–Crippen LogP) is 3.02. The normalized spacial score (nSPS) is 16.4. The number of hydrogen-bond donors (Lipinski definition) is 0. The largest absolute Gasteiger partial charge is 0.493 e. The Kier molecular flexibility index (Phi) is 4.88. The molecule has 2 aromatic carbocycles. The molecule has 0 aromatic heterocycles. The average molecular weight is 340 g/mol. The molecule has 25 heavy (non-hydrogen) atoms. The zero-order chi connectivity index (χ0) is 17.8. The summed E-state index contributed by atoms with van der Waals surface area (Å²) in [7, 11) is 4.70. The van der Waals surface area contributed by atoms with Gasteiger partial charge in [-0.25, -0.2) is 5.01 Å². The topological polar surface area (TPSA) is 60.4 Å². The molecule has 0 saturated heterocycles. The first-order chi connectivity index (χ1) is 12.2. The van der Waals surface area contributed by atoms with Crippen LogP contribution in [0.15, 0.2) is 47.6 Å². The number of amides is 1. The Hall–Kier alpha value is -3.02. The minimum atomic E-state index is -0.221. The third-order valence-corrected chi connectivity index (χ3v) is 4.23. The van der Waals surface area contributed by atoms with Gasteiger partial charge in [0.15, 0.2) is 11.5 Å². The standard InChI is InChI=1S/C19H20N2O4/c1-23-17-9-14(10-18(24-2)19(17)25-3)16-11-15(20-21(16)12-22)13-7-5-4-6-8-13/h4-10,12,16H,11H2,1-3H3. The Morgan fingerprint density at radius 2 is 1.68 bits per heavy atom. The molecule has 1 heterocycles. The van der Waals surface area contributed by atoms with E-state index in [1.807, 2.05) is 42.5 Å². The number of methoxy groups -OCH3 is 3. The van der Waals surface area contributed by atoms with Crippen molar-refractivity contribution in [3.8, 4) is 17.2 Å². The lowest BCUT2D eigenvalue weighted by Gasteiger charge is -2.20. The van der Waals surface area contributed by atoms with Gasteiger partial charge in [0, 0.05) is 6.42 Å². The SMILES string of the molecule is COc1cc(C2CC(c3ccccc3)=NN2C=O)cc(OC)c1OC. The molecule has 6 nitrogen and oxygen atoms in total. The minimum Gasteiger partial charge on any atom is -0.493 e. The second kappa shape index (κ2) is 7.25. The Balaban J connectivity index is 1.98. The van der Waals surface area contributed by atoms with Gasteiger partial charge in [0.05, 0.1) is 33.1 Å². The van der Waals surface area contributed by atoms with Crippen molar-refractivity contribution >= 4 is 12.1 Å². The summed E-state index contributed by atoms with van der Waals surface area (Å²) in [5.74, 6) is 1.63. The maximum Gasteiger partial charge on any atom is 0.230 e. The third-order valence-electron chi connectivity index (χ3n) is 4.23. The van der Waals surface area contributed by atoms with E-state index in [9.17, 15) is 4.79 Å². The first kappa shape index (κ1) is 16.8. The maximum atomic E-state index is 11.5. The van der Waals surface area contributed by atoms with Crippen LogP contribution >= 0.6 is 0 Å². The van der Waals surface area contributed by atoms with Gasteiger partial charge in [0.25, 0.3) is 0 Å². The summed E-state index contributed by atoms with van der Waals surface area (Å²) >= 11 is 0. The van der Waals surface area contributed by atoms with Crippen LogP contribution in [0.25, 0.3) is 0 Å². The van der Waals surface area contributed by atoms with E-state index in [0.717, 1.165) is 23.2 Å². The van der Waals surface area contributed by atoms with Crippen LogP contribution in [0.2, 0.25) is 0 Å². The molecule has 1 aliphatic rings. The molecule has 3 rings (SSSR count). The smallest absolute Gasteiger partial charge is 0.230 e. The minimum absolute atomic E-state index is 0.221. The molecule has 0 spiro atoms. The molecule has 1 aliphatic heterocycles. The highest BCUT2D eigenvalue weighted by atomic mass is 16.5. The molecule has 0 radical (unpaired) electrons. The van der Waals surface area contributed by atoms with Crippen molar-refractivity contribution in [3.05, 3.63) is 53.6 Å². The van der Waals surface area contributed by atoms with Gasteiger partial charge in [-0.15, -0.1) is 0 Å². The van der Waals surface area contributed by atoms with Gasteiger partial charge in [0.1, 0.15) is 0 Å². The molecule has 0 aliphatic carbocycles. The van der Waals surface area contributed by atoms with Crippen molar-refractivity contribution in [2.45, 2.75) is 12.5 Å². The lowest BCUT2D eigenvalue weighted by molar-refractivity contribution is -0.119. The molecule has 0 saturated carbocycles. The fourth-order valence-corrected chi connectivity index (χ4v) is 2.99. The van der Waals surface area contributed by atoms with Gasteiger partial charge >= 0.3 is 0 Å². The van der Waals surface area contributed by atoms with Crippen molar-refractivity contribution in [1.29, 1.82) is 0 Å². The van der Waals surface area contributed by atoms with Crippen LogP contribution in [-0.2, 0) is 4.79 Å². The quantitative estimate of drug-likeness (QED) is 0.759. The van der Waals surface area contributed by atoms with Gasteiger partial charge < -0.3 is 14.2 Å². The summed E-state index contributed by atoms with van der Waals surface area (Å²) in [6, 6.07) is 13.3. The monoisotopic (exact) mass is 340 g/mol. The number of hydrogen-bond acceptors (Lipinski definition) is 5. The fourth-order valence-electron chi connectivity index (χ4n) is 2.99. The van der Waals surface area contributed by atoms with Gasteiger partial charge in [-0.05, 0) is 23.3 Å². The number of rotatable bonds is 6. The molecule has 1 amide bonds. The van der Waals surface area contributed by atoms with Crippen molar-refractivity contribution in [1.82, 2.24) is 5.01 Å². The zero-order valence-corrected chi connectivity index (χ0v) is 14.4. The molecule has 1 unspecified atom stereocenters. The highest BCUT2D eigenvalue weighted by Gasteiger charge is 2.30. The van der Waals surface area contributed by atoms with E-state index in [1.54, 1.807) is 21.3 Å². The van der Waals surface area contributed by atoms with Crippen LogP contribution in [0.3, 0.4) is 0 Å². The van der Waals surface area contributed by atoms with Gasteiger partial charge in [-0.2, -0.15) is 5.10 Å². The van der Waals surface area contributed by atoms with E-state index in [-0.39, 0.29) is 6.04 Å². The first-order valence-electron chi connectivity index (χ1n) is 7.88. The molecule has 2 aromatic rings. The van der Waals surface area contributed by atoms with Crippen molar-refractivity contribution in [2.24, 2.45) is 5.10 Å². The van der Waals surface area contributed by atoms with Crippen LogP contribution in [0.1, 0.15) is 23.6 Å². The number of ether oxygens (including phenoxy) is 3. The number of carbonyl (C=O) groups excluding carboxylic acids is 1. The first-order valence-corrected chi connectivity index (χ1v) is 7.88. The Bertz CT molecular complexity index is 764. The highest BCUT2D eigenvalue weighted by molar-refractivity contribution is 6.02. The second-order valence-electron chi connectivity index (χ2n) is 5.58. The summed E-state index contributed by atoms with van der Waals surface area (Å²) in [6.07, 6.45) is 1.35. The van der Waals surface area contributed by atoms with Gasteiger partial charge in [-0.3, -0.25) is 4.79 Å². The fraction of sp³-hybridized carbons (Fsp3) is 0.263. The maximum absolute atomic E-state index is 11.5. The molecule has 0 bridgehead atoms. The van der Waals surface area contributed by atoms with E-state index in [1.165, 1.54) is 5.01 Å². The molecule has 0 fully saturated rings. The summed E-state index contributed by atoms with van der Waals surface area (Å²) in [6.45, 7) is 0. The van der Waals surface area contributed by atoms with Crippen LogP contribution < -0.4 is 14.2 Å². The highest BCUT2D eigenvalue weighted by Crippen LogP contribution is 2.42. The Labute approximate surface area is 146 Å². The van der Waals surface area contributed by atoms with E-state index in [2.05, 4.69) is 5.10 Å². The van der Waals surface area contributed by atoms with E-state index < -0.39 is 0 Å². The van der Waals surface area contributed by atoms with Crippen LogP contribution in [0.5, 0.6) is 17.2 Å². The Morgan fingerprint density at radius 3 is 2.20 bits per heavy atom. The van der Waals surface area contributed by atoms with Crippen LogP contribution in [0, 0.1) is 0 Å². The van der Waals surface area contributed by atoms with Crippen molar-refractivity contribution < 1.29 is 19.0 Å². The van der Waals surface area contributed by atoms with Crippen LogP contribution in [-0.4, -0.2) is 38.5 Å². The molecule has 6 heteroatoms. The van der Waals surface area contributed by atoms with Gasteiger partial charge in [0.2, 0.25) is 12.2 Å². The van der Waals surface area contributed by atoms with Crippen molar-refractivity contribution in [3.63, 3.8) is 0 Å². The van der Waals surface area contributed by atoms with E-state index in [0.29, 0.717) is 23.7 Å². The lowest BCUT2D eigenvalue weighted by atomic mass is 9.98. The number of benzene rings is 2. The molecule has 0 N–H and O–H groups in total. The summed E-state index contributed by atoms with van der Waals surface area (Å²) in [5.41, 5.74) is 2.74. The second-order valence-corrected chi connectivity index (χ2v) is 5.58. The number of hydrazone groups is 1. The predicted molar refractivity (Wildman–Crippen MR) is 94.3 cm³/mol. The summed E-state index contributed by atoms with van der Waals surface area (Å²) in [4.78, 5) is 11.5. The zero-order valence-electron chi connectivity index (χ0n) is 14.4. The van der Waals surface area contributed by atoms with Gasteiger partial charge in [-0.1, -0.05) is 30.3 Å². The van der Waals surface area contributed by atoms with Crippen molar-refractivity contribution in [2.75, 3.05) is 21.3 Å². The number of carbonyl (C=O) groups is 1. The van der Waals surface area contributed by atoms with E-state index >= 15 is 0 Å². The molecule has 1 atom stereocenters. The number of nitrogens with zero attached hydrogens (tertiary/aromatic N) is 2. The molecular weight excluding hydrogens is 320 g/mol. The molecular formula is C19H20N2O4. The molecule has 130 valence electrons. The summed E-state index contributed by atoms with van der Waals surface area (Å²) in [5, 5.41) is 5.89. The third kappa shape index (κ3) is 3.15. The summed E-state index contributed by atoms with van der Waals surface area (Å²) < 4.78 is 16.2. The Morgan fingerprint density at radius 1 is 1.04 bits per heavy atom. The lowest BCUT2D eigenvalue weighted by Crippen LogP contribution is -2.17. The average Bonchev–Trinajstić information content (AvgIpc) is 3.11. The van der Waals surface area contributed by atoms with E-state index in [4.69, 9.17) is 14.2 Å².